The highest BCUT2D eigenvalue weighted by atomic mass is 16.4. The van der Waals surface area contributed by atoms with Crippen molar-refractivity contribution in [2.75, 3.05) is 29.9 Å². The van der Waals surface area contributed by atoms with Crippen LogP contribution in [-0.4, -0.2) is 69.8 Å². The van der Waals surface area contributed by atoms with Crippen LogP contribution in [0.4, 0.5) is 11.4 Å². The molecule has 1 aliphatic rings. The normalized spacial score (nSPS) is 15.4. The van der Waals surface area contributed by atoms with Crippen LogP contribution in [-0.2, 0) is 11.3 Å². The zero-order valence-electron chi connectivity index (χ0n) is 19.4. The molecule has 182 valence electrons. The minimum atomic E-state index is -1.20. The zero-order valence-corrected chi connectivity index (χ0v) is 19.4. The summed E-state index contributed by atoms with van der Waals surface area (Å²) < 4.78 is 0. The van der Waals surface area contributed by atoms with E-state index in [0.29, 0.717) is 43.9 Å². The van der Waals surface area contributed by atoms with Crippen LogP contribution in [0.15, 0.2) is 42.5 Å². The Morgan fingerprint density at radius 1 is 1.09 bits per heavy atom. The molecule has 0 saturated carbocycles. The summed E-state index contributed by atoms with van der Waals surface area (Å²) in [7, 11) is 0. The third-order valence-corrected chi connectivity index (χ3v) is 5.51. The first-order valence-electron chi connectivity index (χ1n) is 11.3. The molecule has 0 spiro atoms. The number of carboxylic acid groups (broad SMARTS) is 1. The average Bonchev–Trinajstić information content (AvgIpc) is 3.19. The number of nitrogens with one attached hydrogen (secondary N) is 1. The molecule has 0 aromatic heterocycles. The van der Waals surface area contributed by atoms with Crippen LogP contribution in [0.2, 0.25) is 0 Å². The minimum Gasteiger partial charge on any atom is -0.478 e. The standard InChI is InChI=1S/C25H31N3O6/c1-16(29)13-27(14-17(2)30)15-18-5-3-6-19(11-18)24(32)26-22-9-8-20(12-21(22)25(33)34)28-10-4-7-23(28)31/h3,5-6,8-9,11-12,16-17,29-30H,4,7,10,13-15H2,1-2H3,(H,26,32)(H,33,34). The quantitative estimate of drug-likeness (QED) is 0.420. The van der Waals surface area contributed by atoms with Crippen LogP contribution in [0.1, 0.15) is 53.0 Å². The van der Waals surface area contributed by atoms with Gasteiger partial charge in [-0.2, -0.15) is 0 Å². The molecule has 9 nitrogen and oxygen atoms in total. The van der Waals surface area contributed by atoms with E-state index in [1.807, 2.05) is 11.0 Å². The summed E-state index contributed by atoms with van der Waals surface area (Å²) in [5, 5.41) is 31.8. The van der Waals surface area contributed by atoms with Gasteiger partial charge in [0.2, 0.25) is 5.91 Å². The number of carbonyl (C=O) groups excluding carboxylic acids is 2. The first-order chi connectivity index (χ1) is 16.1. The van der Waals surface area contributed by atoms with Crippen LogP contribution < -0.4 is 10.2 Å². The van der Waals surface area contributed by atoms with Crippen molar-refractivity contribution in [3.8, 4) is 0 Å². The van der Waals surface area contributed by atoms with Gasteiger partial charge in [0.15, 0.2) is 0 Å². The molecule has 3 rings (SSSR count). The summed E-state index contributed by atoms with van der Waals surface area (Å²) in [5.74, 6) is -1.72. The number of nitrogens with zero attached hydrogens (tertiary/aromatic N) is 2. The van der Waals surface area contributed by atoms with E-state index < -0.39 is 24.1 Å². The Kier molecular flexibility index (Phi) is 8.38. The predicted molar refractivity (Wildman–Crippen MR) is 128 cm³/mol. The average molecular weight is 470 g/mol. The number of carbonyl (C=O) groups is 3. The van der Waals surface area contributed by atoms with Gasteiger partial charge in [0, 0.05) is 43.9 Å². The molecule has 34 heavy (non-hydrogen) atoms. The van der Waals surface area contributed by atoms with Crippen LogP contribution in [0.3, 0.4) is 0 Å². The summed E-state index contributed by atoms with van der Waals surface area (Å²) in [5.41, 5.74) is 1.71. The number of hydrogen-bond donors (Lipinski definition) is 4. The summed E-state index contributed by atoms with van der Waals surface area (Å²) in [6, 6.07) is 11.4. The fraction of sp³-hybridized carbons (Fsp3) is 0.400. The van der Waals surface area contributed by atoms with Crippen molar-refractivity contribution in [3.63, 3.8) is 0 Å². The van der Waals surface area contributed by atoms with Crippen molar-refractivity contribution in [2.24, 2.45) is 0 Å². The van der Waals surface area contributed by atoms with E-state index in [1.165, 1.54) is 12.1 Å². The van der Waals surface area contributed by atoms with Crippen molar-refractivity contribution in [1.29, 1.82) is 0 Å². The molecule has 2 atom stereocenters. The number of amides is 2. The first-order valence-corrected chi connectivity index (χ1v) is 11.3. The highest BCUT2D eigenvalue weighted by Gasteiger charge is 2.24. The number of aromatic carboxylic acids is 1. The number of hydrogen-bond acceptors (Lipinski definition) is 6. The smallest absolute Gasteiger partial charge is 0.337 e. The summed E-state index contributed by atoms with van der Waals surface area (Å²) >= 11 is 0. The van der Waals surface area contributed by atoms with Gasteiger partial charge in [0.05, 0.1) is 23.5 Å². The molecule has 4 N–H and O–H groups in total. The number of benzene rings is 2. The lowest BCUT2D eigenvalue weighted by Gasteiger charge is -2.25. The predicted octanol–water partition coefficient (Wildman–Crippen LogP) is 2.33. The molecule has 1 heterocycles. The number of aliphatic hydroxyl groups excluding tert-OH is 2. The van der Waals surface area contributed by atoms with Crippen LogP contribution in [0.25, 0.3) is 0 Å². The van der Waals surface area contributed by atoms with Gasteiger partial charge >= 0.3 is 5.97 Å². The first kappa shape index (κ1) is 25.4. The number of carboxylic acids is 1. The Labute approximate surface area is 198 Å². The van der Waals surface area contributed by atoms with Crippen molar-refractivity contribution in [3.05, 3.63) is 59.2 Å². The van der Waals surface area contributed by atoms with Gasteiger partial charge in [0.1, 0.15) is 0 Å². The van der Waals surface area contributed by atoms with Crippen molar-refractivity contribution in [1.82, 2.24) is 4.90 Å². The second kappa shape index (κ2) is 11.2. The van der Waals surface area contributed by atoms with Crippen molar-refractivity contribution < 1.29 is 29.7 Å². The third-order valence-electron chi connectivity index (χ3n) is 5.51. The Bertz CT molecular complexity index is 1040. The number of rotatable bonds is 10. The van der Waals surface area contributed by atoms with Gasteiger partial charge in [-0.05, 0) is 56.2 Å². The topological polar surface area (TPSA) is 130 Å². The maximum absolute atomic E-state index is 12.9. The molecule has 0 aliphatic carbocycles. The zero-order chi connectivity index (χ0) is 24.8. The molecule has 2 aromatic carbocycles. The van der Waals surface area contributed by atoms with Crippen LogP contribution >= 0.6 is 0 Å². The van der Waals surface area contributed by atoms with E-state index in [0.717, 1.165) is 12.0 Å². The van der Waals surface area contributed by atoms with Gasteiger partial charge in [0.25, 0.3) is 5.91 Å². The van der Waals surface area contributed by atoms with E-state index in [4.69, 9.17) is 0 Å². The molecule has 1 aliphatic heterocycles. The van der Waals surface area contributed by atoms with Crippen molar-refractivity contribution >= 4 is 29.2 Å². The molecule has 9 heteroatoms. The highest BCUT2D eigenvalue weighted by molar-refractivity contribution is 6.08. The molecule has 0 bridgehead atoms. The Hall–Kier alpha value is -3.27. The molecule has 1 fully saturated rings. The SMILES string of the molecule is CC(O)CN(Cc1cccc(C(=O)Nc2ccc(N3CCCC3=O)cc2C(=O)O)c1)CC(C)O. The Morgan fingerprint density at radius 2 is 1.79 bits per heavy atom. The Morgan fingerprint density at radius 3 is 2.38 bits per heavy atom. The lowest BCUT2D eigenvalue weighted by atomic mass is 10.1. The fourth-order valence-electron chi connectivity index (χ4n) is 4.12. The van der Waals surface area contributed by atoms with Gasteiger partial charge in [-0.25, -0.2) is 4.79 Å². The van der Waals surface area contributed by atoms with E-state index in [2.05, 4.69) is 5.32 Å². The van der Waals surface area contributed by atoms with Gasteiger partial charge < -0.3 is 25.5 Å². The minimum absolute atomic E-state index is 0.0508. The number of anilines is 2. The van der Waals surface area contributed by atoms with Gasteiger partial charge in [-0.3, -0.25) is 14.5 Å². The molecule has 1 saturated heterocycles. The maximum Gasteiger partial charge on any atom is 0.337 e. The molecular formula is C25H31N3O6. The van der Waals surface area contributed by atoms with Gasteiger partial charge in [-0.15, -0.1) is 0 Å². The van der Waals surface area contributed by atoms with E-state index in [1.54, 1.807) is 43.0 Å². The van der Waals surface area contributed by atoms with E-state index in [-0.39, 0.29) is 17.2 Å². The van der Waals surface area contributed by atoms with Crippen molar-refractivity contribution in [2.45, 2.75) is 45.4 Å². The molecule has 2 amide bonds. The molecule has 0 radical (unpaired) electrons. The molecule has 2 aromatic rings. The molecular weight excluding hydrogens is 438 g/mol. The highest BCUT2D eigenvalue weighted by Crippen LogP contribution is 2.27. The summed E-state index contributed by atoms with van der Waals surface area (Å²) in [6.07, 6.45) is 0.0161. The summed E-state index contributed by atoms with van der Waals surface area (Å²) in [4.78, 5) is 40.2. The second-order valence-corrected chi connectivity index (χ2v) is 8.73. The van der Waals surface area contributed by atoms with Crippen LogP contribution in [0.5, 0.6) is 0 Å². The lowest BCUT2D eigenvalue weighted by Crippen LogP contribution is -2.35. The molecule has 2 unspecified atom stereocenters. The van der Waals surface area contributed by atoms with Crippen LogP contribution in [0, 0.1) is 0 Å². The van der Waals surface area contributed by atoms with E-state index >= 15 is 0 Å². The fourth-order valence-corrected chi connectivity index (χ4v) is 4.12. The largest absolute Gasteiger partial charge is 0.478 e. The number of aliphatic hydroxyl groups is 2. The summed E-state index contributed by atoms with van der Waals surface area (Å²) in [6.45, 7) is 5.05. The van der Waals surface area contributed by atoms with Gasteiger partial charge in [-0.1, -0.05) is 12.1 Å². The second-order valence-electron chi connectivity index (χ2n) is 8.73. The Balaban J connectivity index is 1.77. The third kappa shape index (κ3) is 6.63. The lowest BCUT2D eigenvalue weighted by molar-refractivity contribution is -0.117. The maximum atomic E-state index is 12.9. The van der Waals surface area contributed by atoms with E-state index in [9.17, 15) is 29.7 Å². The monoisotopic (exact) mass is 469 g/mol.